The van der Waals surface area contributed by atoms with Gasteiger partial charge in [-0.3, -0.25) is 9.58 Å². The Labute approximate surface area is 117 Å². The van der Waals surface area contributed by atoms with Crippen molar-refractivity contribution in [1.82, 2.24) is 14.7 Å². The number of nitrogens with two attached hydrogens (primary N) is 1. The van der Waals surface area contributed by atoms with E-state index < -0.39 is 0 Å². The first-order chi connectivity index (χ1) is 8.91. The minimum absolute atomic E-state index is 0.112. The first-order valence-electron chi connectivity index (χ1n) is 7.30. The molecule has 0 amide bonds. The highest BCUT2D eigenvalue weighted by Gasteiger charge is 2.48. The van der Waals surface area contributed by atoms with E-state index in [0.717, 1.165) is 13.1 Å². The van der Waals surface area contributed by atoms with E-state index in [-0.39, 0.29) is 11.0 Å². The smallest absolute Gasteiger partial charge is 0.0534 e. The predicted molar refractivity (Wildman–Crippen MR) is 78.7 cm³/mol. The molecule has 1 aromatic heterocycles. The summed E-state index contributed by atoms with van der Waals surface area (Å²) in [7, 11) is 4.18. The van der Waals surface area contributed by atoms with Crippen LogP contribution in [0.5, 0.6) is 0 Å². The van der Waals surface area contributed by atoms with Crippen LogP contribution in [-0.2, 0) is 13.6 Å². The topological polar surface area (TPSA) is 47.1 Å². The zero-order valence-electron chi connectivity index (χ0n) is 12.8. The molecular formula is C15H28N4. The van der Waals surface area contributed by atoms with Crippen LogP contribution < -0.4 is 5.73 Å². The monoisotopic (exact) mass is 264 g/mol. The minimum Gasteiger partial charge on any atom is -0.329 e. The van der Waals surface area contributed by atoms with Gasteiger partial charge in [-0.2, -0.15) is 5.10 Å². The molecular weight excluding hydrogens is 236 g/mol. The van der Waals surface area contributed by atoms with Gasteiger partial charge in [0.15, 0.2) is 0 Å². The lowest BCUT2D eigenvalue weighted by Gasteiger charge is -2.55. The van der Waals surface area contributed by atoms with Crippen LogP contribution in [0.25, 0.3) is 0 Å². The standard InChI is InChI=1S/C15H28N4/c1-14(2)7-5-6-8-15(14,12-16)18(3)10-13-9-17-19(4)11-13/h9,11H,5-8,10,12,16H2,1-4H3. The number of rotatable bonds is 4. The fraction of sp³-hybridized carbons (Fsp3) is 0.800. The van der Waals surface area contributed by atoms with Gasteiger partial charge in [0.1, 0.15) is 0 Å². The molecule has 4 heteroatoms. The maximum atomic E-state index is 6.21. The molecule has 0 bridgehead atoms. The van der Waals surface area contributed by atoms with Gasteiger partial charge in [-0.15, -0.1) is 0 Å². The molecule has 1 heterocycles. The molecule has 2 N–H and O–H groups in total. The third kappa shape index (κ3) is 2.56. The summed E-state index contributed by atoms with van der Waals surface area (Å²) in [4.78, 5) is 2.46. The SMILES string of the molecule is CN(Cc1cnn(C)c1)C1(CN)CCCCC1(C)C. The van der Waals surface area contributed by atoms with Gasteiger partial charge in [0.2, 0.25) is 0 Å². The summed E-state index contributed by atoms with van der Waals surface area (Å²) < 4.78 is 1.87. The molecule has 1 aliphatic rings. The van der Waals surface area contributed by atoms with Crippen LogP contribution in [0.15, 0.2) is 12.4 Å². The molecule has 2 rings (SSSR count). The van der Waals surface area contributed by atoms with Crippen LogP contribution in [0, 0.1) is 5.41 Å². The van der Waals surface area contributed by atoms with Crippen LogP contribution in [0.1, 0.15) is 45.1 Å². The van der Waals surface area contributed by atoms with Crippen molar-refractivity contribution in [3.63, 3.8) is 0 Å². The Bertz CT molecular complexity index is 424. The van der Waals surface area contributed by atoms with E-state index in [4.69, 9.17) is 5.73 Å². The molecule has 0 aromatic carbocycles. The highest BCUT2D eigenvalue weighted by atomic mass is 15.3. The van der Waals surface area contributed by atoms with Gasteiger partial charge in [-0.25, -0.2) is 0 Å². The molecule has 4 nitrogen and oxygen atoms in total. The Hall–Kier alpha value is -0.870. The summed E-state index contributed by atoms with van der Waals surface area (Å²) in [5.41, 5.74) is 7.86. The summed E-state index contributed by atoms with van der Waals surface area (Å²) in [5, 5.41) is 4.26. The zero-order chi connectivity index (χ0) is 14.1. The molecule has 0 radical (unpaired) electrons. The molecule has 0 saturated heterocycles. The molecule has 0 spiro atoms. The van der Waals surface area contributed by atoms with Gasteiger partial charge >= 0.3 is 0 Å². The first kappa shape index (κ1) is 14.5. The van der Waals surface area contributed by atoms with Crippen molar-refractivity contribution in [2.75, 3.05) is 13.6 Å². The van der Waals surface area contributed by atoms with E-state index >= 15 is 0 Å². The van der Waals surface area contributed by atoms with Crippen molar-refractivity contribution in [3.8, 4) is 0 Å². The maximum Gasteiger partial charge on any atom is 0.0534 e. The minimum atomic E-state index is 0.112. The van der Waals surface area contributed by atoms with Crippen LogP contribution in [0.3, 0.4) is 0 Å². The fourth-order valence-electron chi connectivity index (χ4n) is 3.78. The Morgan fingerprint density at radius 3 is 2.58 bits per heavy atom. The third-order valence-electron chi connectivity index (χ3n) is 5.15. The summed E-state index contributed by atoms with van der Waals surface area (Å²) in [5.74, 6) is 0. The van der Waals surface area contributed by atoms with E-state index in [9.17, 15) is 0 Å². The Morgan fingerprint density at radius 1 is 1.37 bits per heavy atom. The lowest BCUT2D eigenvalue weighted by atomic mass is 9.62. The lowest BCUT2D eigenvalue weighted by molar-refractivity contribution is -0.0334. The van der Waals surface area contributed by atoms with E-state index in [1.807, 2.05) is 17.9 Å². The van der Waals surface area contributed by atoms with E-state index in [2.05, 4.69) is 37.1 Å². The molecule has 1 fully saturated rings. The van der Waals surface area contributed by atoms with Crippen LogP contribution >= 0.6 is 0 Å². The maximum absolute atomic E-state index is 6.21. The van der Waals surface area contributed by atoms with Gasteiger partial charge in [0.05, 0.1) is 6.20 Å². The molecule has 1 atom stereocenters. The number of nitrogens with zero attached hydrogens (tertiary/aromatic N) is 3. The second kappa shape index (κ2) is 5.25. The van der Waals surface area contributed by atoms with E-state index in [0.29, 0.717) is 0 Å². The quantitative estimate of drug-likeness (QED) is 0.906. The largest absolute Gasteiger partial charge is 0.329 e. The molecule has 108 valence electrons. The van der Waals surface area contributed by atoms with Crippen molar-refractivity contribution in [2.24, 2.45) is 18.2 Å². The van der Waals surface area contributed by atoms with Crippen molar-refractivity contribution in [3.05, 3.63) is 18.0 Å². The summed E-state index contributed by atoms with van der Waals surface area (Å²) in [6.07, 6.45) is 9.13. The second-order valence-corrected chi connectivity index (χ2v) is 6.71. The summed E-state index contributed by atoms with van der Waals surface area (Å²) >= 11 is 0. The lowest BCUT2D eigenvalue weighted by Crippen LogP contribution is -2.62. The molecule has 0 aliphatic heterocycles. The van der Waals surface area contributed by atoms with Crippen molar-refractivity contribution >= 4 is 0 Å². The Balaban J connectivity index is 2.20. The first-order valence-corrected chi connectivity index (χ1v) is 7.30. The third-order valence-corrected chi connectivity index (χ3v) is 5.15. The van der Waals surface area contributed by atoms with Gasteiger partial charge in [0, 0.05) is 37.4 Å². The average molecular weight is 264 g/mol. The van der Waals surface area contributed by atoms with Gasteiger partial charge in [-0.1, -0.05) is 26.7 Å². The fourth-order valence-corrected chi connectivity index (χ4v) is 3.78. The predicted octanol–water partition coefficient (Wildman–Crippen LogP) is 2.15. The van der Waals surface area contributed by atoms with Gasteiger partial charge in [0.25, 0.3) is 0 Å². The number of aryl methyl sites for hydroxylation is 1. The molecule has 1 unspecified atom stereocenters. The van der Waals surface area contributed by atoms with Crippen LogP contribution in [-0.4, -0.2) is 33.8 Å². The summed E-state index contributed by atoms with van der Waals surface area (Å²) in [6.45, 7) is 6.41. The number of aromatic nitrogens is 2. The highest BCUT2D eigenvalue weighted by molar-refractivity contribution is 5.09. The van der Waals surface area contributed by atoms with Crippen molar-refractivity contribution in [2.45, 2.75) is 51.6 Å². The normalized spacial score (nSPS) is 26.8. The van der Waals surface area contributed by atoms with Gasteiger partial charge in [-0.05, 0) is 25.3 Å². The Kier molecular flexibility index (Phi) is 4.02. The second-order valence-electron chi connectivity index (χ2n) is 6.71. The number of likely N-dealkylation sites (N-methyl/N-ethyl adjacent to an activating group) is 1. The molecule has 1 saturated carbocycles. The highest BCUT2D eigenvalue weighted by Crippen LogP contribution is 2.46. The summed E-state index contributed by atoms with van der Waals surface area (Å²) in [6, 6.07) is 0. The van der Waals surface area contributed by atoms with E-state index in [1.165, 1.54) is 31.2 Å². The van der Waals surface area contributed by atoms with Crippen LogP contribution in [0.4, 0.5) is 0 Å². The zero-order valence-corrected chi connectivity index (χ0v) is 12.8. The molecule has 1 aliphatic carbocycles. The van der Waals surface area contributed by atoms with Gasteiger partial charge < -0.3 is 5.73 Å². The Morgan fingerprint density at radius 2 is 2.05 bits per heavy atom. The average Bonchev–Trinajstić information content (AvgIpc) is 2.74. The van der Waals surface area contributed by atoms with Crippen LogP contribution in [0.2, 0.25) is 0 Å². The van der Waals surface area contributed by atoms with Crippen molar-refractivity contribution < 1.29 is 0 Å². The molecule has 1 aromatic rings. The number of hydrogen-bond donors (Lipinski definition) is 1. The van der Waals surface area contributed by atoms with E-state index in [1.54, 1.807) is 0 Å². The van der Waals surface area contributed by atoms with Crippen molar-refractivity contribution in [1.29, 1.82) is 0 Å². The molecule has 19 heavy (non-hydrogen) atoms. The number of hydrogen-bond acceptors (Lipinski definition) is 3.